The van der Waals surface area contributed by atoms with Gasteiger partial charge in [0.2, 0.25) is 0 Å². The molecule has 0 aromatic heterocycles. The van der Waals surface area contributed by atoms with Crippen LogP contribution >= 0.6 is 0 Å². The van der Waals surface area contributed by atoms with E-state index in [0.29, 0.717) is 6.54 Å². The van der Waals surface area contributed by atoms with E-state index in [1.165, 1.54) is 17.7 Å². The molecular formula is C23H31FN4O2. The van der Waals surface area contributed by atoms with Gasteiger partial charge in [0.1, 0.15) is 0 Å². The van der Waals surface area contributed by atoms with Gasteiger partial charge in [-0.05, 0) is 36.9 Å². The van der Waals surface area contributed by atoms with Crippen molar-refractivity contribution in [2.45, 2.75) is 6.04 Å². The Bertz CT molecular complexity index is 820. The number of anilines is 1. The molecule has 1 amide bonds. The van der Waals surface area contributed by atoms with Crippen molar-refractivity contribution in [3.05, 3.63) is 59.9 Å². The van der Waals surface area contributed by atoms with Gasteiger partial charge in [0, 0.05) is 52.5 Å². The largest absolute Gasteiger partial charge is 0.481 e. The number of amides is 1. The van der Waals surface area contributed by atoms with E-state index in [-0.39, 0.29) is 24.3 Å². The van der Waals surface area contributed by atoms with Crippen molar-refractivity contribution in [3.63, 3.8) is 0 Å². The number of para-hydroxylation sites is 1. The molecule has 1 heterocycles. The summed E-state index contributed by atoms with van der Waals surface area (Å²) in [6.45, 7) is 4.14. The summed E-state index contributed by atoms with van der Waals surface area (Å²) in [6, 6.07) is 14.6. The zero-order chi connectivity index (χ0) is 21.5. The summed E-state index contributed by atoms with van der Waals surface area (Å²) in [5.41, 5.74) is 2.30. The Kier molecular flexibility index (Phi) is 7.65. The summed E-state index contributed by atoms with van der Waals surface area (Å²) in [7, 11) is 6.16. The molecule has 1 saturated heterocycles. The van der Waals surface area contributed by atoms with Crippen molar-refractivity contribution >= 4 is 11.6 Å². The van der Waals surface area contributed by atoms with Crippen LogP contribution in [0.3, 0.4) is 0 Å². The SMILES string of the molecule is CN1CCN(C(CNC(=O)COc2ccccc2F)c2ccc(N(C)C)cc2)CC1. The monoisotopic (exact) mass is 414 g/mol. The zero-order valence-corrected chi connectivity index (χ0v) is 18.0. The van der Waals surface area contributed by atoms with Crippen LogP contribution in [0.15, 0.2) is 48.5 Å². The van der Waals surface area contributed by atoms with Crippen LogP contribution in [-0.4, -0.2) is 76.2 Å². The first-order valence-electron chi connectivity index (χ1n) is 10.3. The van der Waals surface area contributed by atoms with Crippen LogP contribution in [-0.2, 0) is 4.79 Å². The lowest BCUT2D eigenvalue weighted by Gasteiger charge is -2.38. The third-order valence-electron chi connectivity index (χ3n) is 5.46. The van der Waals surface area contributed by atoms with Gasteiger partial charge in [-0.3, -0.25) is 9.69 Å². The van der Waals surface area contributed by atoms with Gasteiger partial charge in [-0.2, -0.15) is 0 Å². The van der Waals surface area contributed by atoms with E-state index in [1.807, 2.05) is 14.1 Å². The van der Waals surface area contributed by atoms with Gasteiger partial charge in [-0.1, -0.05) is 24.3 Å². The minimum absolute atomic E-state index is 0.0762. The van der Waals surface area contributed by atoms with E-state index in [9.17, 15) is 9.18 Å². The molecule has 0 saturated carbocycles. The maximum atomic E-state index is 13.7. The molecule has 162 valence electrons. The number of halogens is 1. The van der Waals surface area contributed by atoms with E-state index < -0.39 is 5.82 Å². The Hall–Kier alpha value is -2.64. The van der Waals surface area contributed by atoms with Crippen molar-refractivity contribution in [1.29, 1.82) is 0 Å². The average molecular weight is 415 g/mol. The highest BCUT2D eigenvalue weighted by atomic mass is 19.1. The predicted octanol–water partition coefficient (Wildman–Crippen LogP) is 2.38. The number of hydrogen-bond donors (Lipinski definition) is 1. The first-order valence-corrected chi connectivity index (χ1v) is 10.3. The molecule has 1 aliphatic heterocycles. The maximum absolute atomic E-state index is 13.7. The second-order valence-electron chi connectivity index (χ2n) is 7.86. The van der Waals surface area contributed by atoms with E-state index in [2.05, 4.69) is 51.3 Å². The number of ether oxygens (including phenoxy) is 1. The summed E-state index contributed by atoms with van der Waals surface area (Å²) in [5.74, 6) is -0.647. The number of likely N-dealkylation sites (N-methyl/N-ethyl adjacent to an activating group) is 1. The molecule has 3 rings (SSSR count). The number of hydrogen-bond acceptors (Lipinski definition) is 5. The number of nitrogens with one attached hydrogen (secondary N) is 1. The van der Waals surface area contributed by atoms with Gasteiger partial charge in [-0.15, -0.1) is 0 Å². The minimum Gasteiger partial charge on any atom is -0.481 e. The van der Waals surface area contributed by atoms with Crippen LogP contribution in [0, 0.1) is 5.82 Å². The highest BCUT2D eigenvalue weighted by Crippen LogP contribution is 2.24. The normalized spacial score (nSPS) is 16.1. The van der Waals surface area contributed by atoms with E-state index in [1.54, 1.807) is 12.1 Å². The van der Waals surface area contributed by atoms with Crippen molar-refractivity contribution in [1.82, 2.24) is 15.1 Å². The molecule has 30 heavy (non-hydrogen) atoms. The molecule has 6 nitrogen and oxygen atoms in total. The number of benzene rings is 2. The molecular weight excluding hydrogens is 383 g/mol. The second kappa shape index (κ2) is 10.4. The number of nitrogens with zero attached hydrogens (tertiary/aromatic N) is 3. The van der Waals surface area contributed by atoms with E-state index in [0.717, 1.165) is 31.9 Å². The summed E-state index contributed by atoms with van der Waals surface area (Å²) in [4.78, 5) is 19.1. The molecule has 0 aliphatic carbocycles. The van der Waals surface area contributed by atoms with Gasteiger partial charge < -0.3 is 19.9 Å². The van der Waals surface area contributed by atoms with Crippen LogP contribution in [0.1, 0.15) is 11.6 Å². The molecule has 1 unspecified atom stereocenters. The summed E-state index contributed by atoms with van der Waals surface area (Å²) in [5, 5.41) is 2.96. The van der Waals surface area contributed by atoms with Gasteiger partial charge >= 0.3 is 0 Å². The predicted molar refractivity (Wildman–Crippen MR) is 117 cm³/mol. The number of carbonyl (C=O) groups is 1. The Morgan fingerprint density at radius 1 is 1.10 bits per heavy atom. The molecule has 7 heteroatoms. The zero-order valence-electron chi connectivity index (χ0n) is 18.0. The molecule has 1 atom stereocenters. The van der Waals surface area contributed by atoms with Crippen LogP contribution in [0.2, 0.25) is 0 Å². The van der Waals surface area contributed by atoms with Crippen molar-refractivity contribution < 1.29 is 13.9 Å². The third kappa shape index (κ3) is 5.93. The summed E-state index contributed by atoms with van der Waals surface area (Å²) >= 11 is 0. The number of rotatable bonds is 8. The van der Waals surface area contributed by atoms with Gasteiger partial charge in [0.05, 0.1) is 6.04 Å². The molecule has 0 bridgehead atoms. The minimum atomic E-state index is -0.471. The van der Waals surface area contributed by atoms with Crippen LogP contribution < -0.4 is 15.0 Å². The molecule has 1 fully saturated rings. The Morgan fingerprint density at radius 2 is 1.77 bits per heavy atom. The fourth-order valence-electron chi connectivity index (χ4n) is 3.55. The first-order chi connectivity index (χ1) is 14.4. The highest BCUT2D eigenvalue weighted by Gasteiger charge is 2.24. The summed E-state index contributed by atoms with van der Waals surface area (Å²) in [6.07, 6.45) is 0. The quantitative estimate of drug-likeness (QED) is 0.719. The van der Waals surface area contributed by atoms with Crippen molar-refractivity contribution in [2.24, 2.45) is 0 Å². The molecule has 0 spiro atoms. The lowest BCUT2D eigenvalue weighted by molar-refractivity contribution is -0.123. The highest BCUT2D eigenvalue weighted by molar-refractivity contribution is 5.77. The fraction of sp³-hybridized carbons (Fsp3) is 0.435. The van der Waals surface area contributed by atoms with E-state index >= 15 is 0 Å². The Morgan fingerprint density at radius 3 is 2.40 bits per heavy atom. The molecule has 1 N–H and O–H groups in total. The first kappa shape index (κ1) is 22.1. The smallest absolute Gasteiger partial charge is 0.258 e. The second-order valence-corrected chi connectivity index (χ2v) is 7.86. The van der Waals surface area contributed by atoms with Crippen molar-refractivity contribution in [3.8, 4) is 5.75 Å². The fourth-order valence-corrected chi connectivity index (χ4v) is 3.55. The number of piperazine rings is 1. The summed E-state index contributed by atoms with van der Waals surface area (Å²) < 4.78 is 19.0. The number of carbonyl (C=O) groups excluding carboxylic acids is 1. The lowest BCUT2D eigenvalue weighted by Crippen LogP contribution is -2.48. The van der Waals surface area contributed by atoms with Gasteiger partial charge in [-0.25, -0.2) is 4.39 Å². The topological polar surface area (TPSA) is 48.1 Å². The maximum Gasteiger partial charge on any atom is 0.258 e. The van der Waals surface area contributed by atoms with Gasteiger partial charge in [0.25, 0.3) is 5.91 Å². The van der Waals surface area contributed by atoms with Crippen molar-refractivity contribution in [2.75, 3.05) is 65.4 Å². The molecule has 1 aliphatic rings. The molecule has 2 aromatic carbocycles. The average Bonchev–Trinajstić information content (AvgIpc) is 2.75. The van der Waals surface area contributed by atoms with Crippen LogP contribution in [0.5, 0.6) is 5.75 Å². The van der Waals surface area contributed by atoms with Gasteiger partial charge in [0.15, 0.2) is 18.2 Å². The standard InChI is InChI=1S/C23H31FN4O2/c1-26(2)19-10-8-18(9-11-19)21(28-14-12-27(3)13-15-28)16-25-23(29)17-30-22-7-5-4-6-20(22)24/h4-11,21H,12-17H2,1-3H3,(H,25,29). The lowest BCUT2D eigenvalue weighted by atomic mass is 10.0. The van der Waals surface area contributed by atoms with E-state index in [4.69, 9.17) is 4.74 Å². The van der Waals surface area contributed by atoms with Crippen LogP contribution in [0.4, 0.5) is 10.1 Å². The molecule has 0 radical (unpaired) electrons. The Balaban J connectivity index is 1.63. The molecule has 2 aromatic rings. The Labute approximate surface area is 178 Å². The van der Waals surface area contributed by atoms with Crippen LogP contribution in [0.25, 0.3) is 0 Å². The third-order valence-corrected chi connectivity index (χ3v) is 5.46.